The lowest BCUT2D eigenvalue weighted by Gasteiger charge is -2.08. The Labute approximate surface area is 201 Å². The third-order valence-corrected chi connectivity index (χ3v) is 5.76. The van der Waals surface area contributed by atoms with Crippen molar-refractivity contribution in [2.75, 3.05) is 5.32 Å². The van der Waals surface area contributed by atoms with Crippen molar-refractivity contribution in [2.45, 2.75) is 20.0 Å². The quantitative estimate of drug-likeness (QED) is 0.290. The highest BCUT2D eigenvalue weighted by atomic mass is 35.5. The number of halogens is 1. The van der Waals surface area contributed by atoms with Gasteiger partial charge in [0.25, 0.3) is 5.91 Å². The number of aromatic nitrogens is 1. The van der Waals surface area contributed by atoms with Crippen LogP contribution in [-0.2, 0) is 22.7 Å². The van der Waals surface area contributed by atoms with E-state index >= 15 is 0 Å². The first-order valence-corrected chi connectivity index (χ1v) is 10.9. The van der Waals surface area contributed by atoms with Crippen LogP contribution in [0.5, 0.6) is 0 Å². The molecular formula is C26H21ClN4O3. The Kier molecular flexibility index (Phi) is 6.81. The zero-order valence-corrected chi connectivity index (χ0v) is 19.1. The average molecular weight is 473 g/mol. The SMILES string of the molecule is Cc1c(Cl)cccc1NC(=O)/C(C#N)=C/c1cn(CC(=O)NCc2ccco2)c2ccccc12. The van der Waals surface area contributed by atoms with Gasteiger partial charge in [0, 0.05) is 33.4 Å². The first-order valence-electron chi connectivity index (χ1n) is 10.5. The summed E-state index contributed by atoms with van der Waals surface area (Å²) in [6, 6.07) is 18.2. The second kappa shape index (κ2) is 10.1. The summed E-state index contributed by atoms with van der Waals surface area (Å²) in [4.78, 5) is 25.3. The van der Waals surface area contributed by atoms with Crippen LogP contribution in [0.4, 0.5) is 5.69 Å². The number of para-hydroxylation sites is 1. The van der Waals surface area contributed by atoms with Crippen molar-refractivity contribution >= 4 is 46.1 Å². The van der Waals surface area contributed by atoms with Gasteiger partial charge in [0.2, 0.25) is 5.91 Å². The second-order valence-corrected chi connectivity index (χ2v) is 8.03. The molecule has 0 radical (unpaired) electrons. The lowest BCUT2D eigenvalue weighted by atomic mass is 10.1. The van der Waals surface area contributed by atoms with Crippen LogP contribution in [0, 0.1) is 18.3 Å². The molecule has 2 aromatic heterocycles. The maximum Gasteiger partial charge on any atom is 0.266 e. The van der Waals surface area contributed by atoms with Gasteiger partial charge < -0.3 is 19.6 Å². The number of carbonyl (C=O) groups excluding carboxylic acids is 2. The molecule has 0 aliphatic rings. The number of hydrogen-bond acceptors (Lipinski definition) is 4. The minimum atomic E-state index is -0.541. The molecule has 2 heterocycles. The Balaban J connectivity index is 1.58. The number of furan rings is 1. The van der Waals surface area contributed by atoms with Crippen LogP contribution in [0.15, 0.2) is 77.0 Å². The summed E-state index contributed by atoms with van der Waals surface area (Å²) in [5.41, 5.74) is 2.65. The molecule has 0 spiro atoms. The lowest BCUT2D eigenvalue weighted by molar-refractivity contribution is -0.121. The molecule has 2 amide bonds. The fraction of sp³-hybridized carbons (Fsp3) is 0.115. The molecule has 8 heteroatoms. The van der Waals surface area contributed by atoms with Gasteiger partial charge in [-0.05, 0) is 48.9 Å². The molecule has 2 aromatic carbocycles. The number of amides is 2. The van der Waals surface area contributed by atoms with Crippen molar-refractivity contribution in [3.63, 3.8) is 0 Å². The number of hydrogen-bond donors (Lipinski definition) is 2. The zero-order valence-electron chi connectivity index (χ0n) is 18.3. The molecule has 2 N–H and O–H groups in total. The Morgan fingerprint density at radius 3 is 2.74 bits per heavy atom. The Bertz CT molecular complexity index is 1430. The lowest BCUT2D eigenvalue weighted by Crippen LogP contribution is -2.26. The van der Waals surface area contributed by atoms with Gasteiger partial charge in [0.05, 0.1) is 12.8 Å². The van der Waals surface area contributed by atoms with Crippen molar-refractivity contribution in [1.82, 2.24) is 9.88 Å². The fourth-order valence-electron chi connectivity index (χ4n) is 3.57. The first-order chi connectivity index (χ1) is 16.5. The molecule has 0 bridgehead atoms. The van der Waals surface area contributed by atoms with Gasteiger partial charge in [0.1, 0.15) is 23.9 Å². The molecule has 0 aliphatic heterocycles. The molecule has 4 rings (SSSR count). The monoisotopic (exact) mass is 472 g/mol. The van der Waals surface area contributed by atoms with Crippen LogP contribution in [0.25, 0.3) is 17.0 Å². The van der Waals surface area contributed by atoms with E-state index in [0.29, 0.717) is 34.1 Å². The molecule has 0 atom stereocenters. The van der Waals surface area contributed by atoms with E-state index in [-0.39, 0.29) is 18.0 Å². The number of carbonyl (C=O) groups is 2. The normalized spacial score (nSPS) is 11.3. The first kappa shape index (κ1) is 22.9. The smallest absolute Gasteiger partial charge is 0.266 e. The molecule has 0 unspecified atom stereocenters. The minimum absolute atomic E-state index is 0.0652. The van der Waals surface area contributed by atoms with Crippen molar-refractivity contribution < 1.29 is 14.0 Å². The van der Waals surface area contributed by atoms with Crippen molar-refractivity contribution in [3.05, 3.63) is 94.5 Å². The standard InChI is InChI=1S/C26H21ClN4O3/c1-17-22(27)8-4-9-23(17)30-26(33)18(13-28)12-19-15-31(24-10-3-2-7-21(19)24)16-25(32)29-14-20-6-5-11-34-20/h2-12,15H,14,16H2,1H3,(H,29,32)(H,30,33)/b18-12+. The molecule has 34 heavy (non-hydrogen) atoms. The summed E-state index contributed by atoms with van der Waals surface area (Å²) in [5.74, 6) is -0.0720. The van der Waals surface area contributed by atoms with E-state index in [2.05, 4.69) is 10.6 Å². The van der Waals surface area contributed by atoms with Gasteiger partial charge in [-0.1, -0.05) is 35.9 Å². The zero-order chi connectivity index (χ0) is 24.1. The summed E-state index contributed by atoms with van der Waals surface area (Å²) in [7, 11) is 0. The highest BCUT2D eigenvalue weighted by molar-refractivity contribution is 6.31. The summed E-state index contributed by atoms with van der Waals surface area (Å²) in [5, 5.41) is 16.6. The Morgan fingerprint density at radius 1 is 1.15 bits per heavy atom. The van der Waals surface area contributed by atoms with E-state index in [1.807, 2.05) is 30.3 Å². The molecular weight excluding hydrogens is 452 g/mol. The van der Waals surface area contributed by atoms with Crippen molar-refractivity contribution in [1.29, 1.82) is 5.26 Å². The van der Waals surface area contributed by atoms with Crippen LogP contribution < -0.4 is 10.6 Å². The average Bonchev–Trinajstić information content (AvgIpc) is 3.47. The maximum atomic E-state index is 12.8. The Morgan fingerprint density at radius 2 is 1.97 bits per heavy atom. The van der Waals surface area contributed by atoms with Gasteiger partial charge in [-0.2, -0.15) is 5.26 Å². The largest absolute Gasteiger partial charge is 0.467 e. The molecule has 0 saturated heterocycles. The molecule has 0 fully saturated rings. The predicted molar refractivity (Wildman–Crippen MR) is 131 cm³/mol. The molecule has 7 nitrogen and oxygen atoms in total. The van der Waals surface area contributed by atoms with E-state index in [1.54, 1.807) is 54.3 Å². The van der Waals surface area contributed by atoms with E-state index in [4.69, 9.17) is 16.0 Å². The van der Waals surface area contributed by atoms with Gasteiger partial charge >= 0.3 is 0 Å². The number of benzene rings is 2. The van der Waals surface area contributed by atoms with Crippen molar-refractivity contribution in [2.24, 2.45) is 0 Å². The van der Waals surface area contributed by atoms with Gasteiger partial charge in [0.15, 0.2) is 0 Å². The fourth-order valence-corrected chi connectivity index (χ4v) is 3.74. The van der Waals surface area contributed by atoms with Crippen LogP contribution in [0.3, 0.4) is 0 Å². The molecule has 170 valence electrons. The van der Waals surface area contributed by atoms with E-state index < -0.39 is 5.91 Å². The minimum Gasteiger partial charge on any atom is -0.467 e. The predicted octanol–water partition coefficient (Wildman–Crippen LogP) is 5.06. The number of nitriles is 1. The third-order valence-electron chi connectivity index (χ3n) is 5.35. The van der Waals surface area contributed by atoms with Gasteiger partial charge in [-0.3, -0.25) is 9.59 Å². The van der Waals surface area contributed by atoms with Crippen molar-refractivity contribution in [3.8, 4) is 6.07 Å². The third kappa shape index (κ3) is 5.03. The Hall–Kier alpha value is -4.28. The number of nitrogens with zero attached hydrogens (tertiary/aromatic N) is 2. The maximum absolute atomic E-state index is 12.8. The number of rotatable bonds is 7. The highest BCUT2D eigenvalue weighted by Crippen LogP contribution is 2.26. The number of anilines is 1. The van der Waals surface area contributed by atoms with E-state index in [9.17, 15) is 14.9 Å². The van der Waals surface area contributed by atoms with Crippen LogP contribution >= 0.6 is 11.6 Å². The van der Waals surface area contributed by atoms with Crippen LogP contribution in [-0.4, -0.2) is 16.4 Å². The summed E-state index contributed by atoms with van der Waals surface area (Å²) in [6.45, 7) is 2.16. The van der Waals surface area contributed by atoms with Crippen LogP contribution in [0.1, 0.15) is 16.9 Å². The van der Waals surface area contributed by atoms with Gasteiger partial charge in [-0.15, -0.1) is 0 Å². The second-order valence-electron chi connectivity index (χ2n) is 7.62. The number of nitrogens with one attached hydrogen (secondary N) is 2. The molecule has 0 saturated carbocycles. The summed E-state index contributed by atoms with van der Waals surface area (Å²) >= 11 is 6.13. The topological polar surface area (TPSA) is 100 Å². The molecule has 0 aliphatic carbocycles. The highest BCUT2D eigenvalue weighted by Gasteiger charge is 2.15. The summed E-state index contributed by atoms with van der Waals surface area (Å²) < 4.78 is 7.02. The van der Waals surface area contributed by atoms with Gasteiger partial charge in [-0.25, -0.2) is 0 Å². The van der Waals surface area contributed by atoms with E-state index in [0.717, 1.165) is 10.9 Å². The van der Waals surface area contributed by atoms with Crippen LogP contribution in [0.2, 0.25) is 5.02 Å². The van der Waals surface area contributed by atoms with E-state index in [1.165, 1.54) is 6.08 Å². The summed E-state index contributed by atoms with van der Waals surface area (Å²) in [6.07, 6.45) is 4.83. The molecule has 4 aromatic rings. The number of fused-ring (bicyclic) bond motifs is 1.